The second-order valence-corrected chi connectivity index (χ2v) is 5.60. The van der Waals surface area contributed by atoms with E-state index in [9.17, 15) is 41.4 Å². The summed E-state index contributed by atoms with van der Waals surface area (Å²) in [5.41, 5.74) is 0. The fraction of sp³-hybridized carbons (Fsp3) is 0.833. The van der Waals surface area contributed by atoms with Crippen LogP contribution in [0.25, 0.3) is 0 Å². The van der Waals surface area contributed by atoms with Gasteiger partial charge in [-0.25, -0.2) is 9.79 Å². The summed E-state index contributed by atoms with van der Waals surface area (Å²) >= 11 is 0. The molecule has 2 rings (SSSR count). The van der Waals surface area contributed by atoms with Crippen molar-refractivity contribution in [1.82, 2.24) is 5.32 Å². The van der Waals surface area contributed by atoms with Crippen LogP contribution in [0.15, 0.2) is 4.99 Å². The Morgan fingerprint density at radius 3 is 2.48 bits per heavy atom. The Balaban J connectivity index is 2.17. The summed E-state index contributed by atoms with van der Waals surface area (Å²) in [5, 5.41) is 21.5. The van der Waals surface area contributed by atoms with Crippen LogP contribution in [-0.4, -0.2) is 72.1 Å². The van der Waals surface area contributed by atoms with Gasteiger partial charge < -0.3 is 25.0 Å². The maximum Gasteiger partial charge on any atom is 0.490 e. The topological polar surface area (TPSA) is 100 Å². The van der Waals surface area contributed by atoms with Gasteiger partial charge in [0.2, 0.25) is 0 Å². The molecule has 2 fully saturated rings. The van der Waals surface area contributed by atoms with Gasteiger partial charge in [-0.3, -0.25) is 0 Å². The second-order valence-electron chi connectivity index (χ2n) is 5.60. The molecule has 1 saturated heterocycles. The van der Waals surface area contributed by atoms with Crippen molar-refractivity contribution >= 4 is 12.0 Å². The molecule has 5 atom stereocenters. The normalized spacial score (nSPS) is 34.2. The molecule has 13 heteroatoms. The Bertz CT molecular complexity index is 537. The molecule has 0 spiro atoms. The number of fused-ring (bicyclic) bond motifs is 1. The number of alkyl halides is 6. The summed E-state index contributed by atoms with van der Waals surface area (Å²) in [6, 6.07) is -1.83. The van der Waals surface area contributed by atoms with Crippen LogP contribution in [0.2, 0.25) is 0 Å². The molecule has 1 aliphatic heterocycles. The number of aliphatic hydroxyl groups excluding tert-OH is 2. The lowest BCUT2D eigenvalue weighted by Gasteiger charge is -2.39. The molecule has 0 unspecified atom stereocenters. The molecule has 0 aromatic rings. The summed E-state index contributed by atoms with van der Waals surface area (Å²) < 4.78 is 83.0. The molecule has 1 saturated carbocycles. The van der Waals surface area contributed by atoms with Gasteiger partial charge in [-0.05, 0) is 6.42 Å². The molecule has 0 aromatic heterocycles. The van der Waals surface area contributed by atoms with Crippen LogP contribution in [0.3, 0.4) is 0 Å². The number of hydrogen-bond acceptors (Lipinski definition) is 6. The van der Waals surface area contributed by atoms with E-state index < -0.39 is 67.8 Å². The van der Waals surface area contributed by atoms with Gasteiger partial charge in [0.05, 0.1) is 6.10 Å². The summed E-state index contributed by atoms with van der Waals surface area (Å²) in [4.78, 5) is 14.1. The van der Waals surface area contributed by atoms with Crippen LogP contribution in [-0.2, 0) is 14.3 Å². The van der Waals surface area contributed by atoms with Gasteiger partial charge in [-0.1, -0.05) is 0 Å². The zero-order chi connectivity index (χ0) is 19.0. The zero-order valence-electron chi connectivity index (χ0n) is 12.3. The summed E-state index contributed by atoms with van der Waals surface area (Å²) in [5.74, 6) is -3.56. The Labute approximate surface area is 136 Å². The van der Waals surface area contributed by atoms with E-state index in [2.05, 4.69) is 15.0 Å². The molecular weight excluding hydrogens is 366 g/mol. The van der Waals surface area contributed by atoms with Crippen molar-refractivity contribution in [2.45, 2.75) is 43.1 Å². The molecule has 0 aromatic carbocycles. The highest BCUT2D eigenvalue weighted by Gasteiger charge is 2.53. The number of aliphatic hydroxyl groups is 2. The Morgan fingerprint density at radius 2 is 1.96 bits per heavy atom. The van der Waals surface area contributed by atoms with Crippen LogP contribution >= 0.6 is 0 Å². The number of amidine groups is 1. The third-order valence-corrected chi connectivity index (χ3v) is 3.77. The standard InChI is InChI=1S/C12H14F6N2O5/c13-11(14,15)3-19-10-20-6-5(24-10)1-4(2-21)7(22)8(6)25-9(23)12(16,17)18/h4-8,21-22H,1-3H2,(H,19,20)/t4-,5+,6+,7-,8-/m1/s1. The van der Waals surface area contributed by atoms with E-state index in [0.29, 0.717) is 0 Å². The van der Waals surface area contributed by atoms with E-state index in [0.717, 1.165) is 0 Å². The first-order valence-corrected chi connectivity index (χ1v) is 7.03. The summed E-state index contributed by atoms with van der Waals surface area (Å²) in [6.07, 6.45) is -14.5. The summed E-state index contributed by atoms with van der Waals surface area (Å²) in [6.45, 7) is -2.24. The van der Waals surface area contributed by atoms with Gasteiger partial charge >= 0.3 is 18.3 Å². The molecule has 3 N–H and O–H groups in total. The fourth-order valence-corrected chi connectivity index (χ4v) is 2.65. The highest BCUT2D eigenvalue weighted by molar-refractivity contribution is 5.78. The first kappa shape index (κ1) is 19.6. The minimum absolute atomic E-state index is 0.0829. The van der Waals surface area contributed by atoms with Gasteiger partial charge in [-0.2, -0.15) is 26.3 Å². The van der Waals surface area contributed by atoms with E-state index in [1.165, 1.54) is 0 Å². The molecule has 144 valence electrons. The third-order valence-electron chi connectivity index (χ3n) is 3.77. The van der Waals surface area contributed by atoms with Crippen LogP contribution < -0.4 is 5.32 Å². The van der Waals surface area contributed by atoms with E-state index in [1.54, 1.807) is 0 Å². The maximum atomic E-state index is 12.4. The van der Waals surface area contributed by atoms with Crippen molar-refractivity contribution in [3.05, 3.63) is 0 Å². The predicted octanol–water partition coefficient (Wildman–Crippen LogP) is 0.109. The number of aliphatic imine (C=N–C) groups is 1. The maximum absolute atomic E-state index is 12.4. The van der Waals surface area contributed by atoms with Crippen LogP contribution in [0.4, 0.5) is 26.3 Å². The number of nitrogens with one attached hydrogen (secondary N) is 1. The van der Waals surface area contributed by atoms with Crippen molar-refractivity contribution in [3.8, 4) is 0 Å². The van der Waals surface area contributed by atoms with Gasteiger partial charge in [0.15, 0.2) is 6.10 Å². The van der Waals surface area contributed by atoms with Crippen molar-refractivity contribution in [3.63, 3.8) is 0 Å². The summed E-state index contributed by atoms with van der Waals surface area (Å²) in [7, 11) is 0. The third kappa shape index (κ3) is 4.66. The second kappa shape index (κ2) is 6.86. The lowest BCUT2D eigenvalue weighted by molar-refractivity contribution is -0.216. The largest absolute Gasteiger partial charge is 0.490 e. The Kier molecular flexibility index (Phi) is 5.37. The highest BCUT2D eigenvalue weighted by atomic mass is 19.4. The molecule has 0 radical (unpaired) electrons. The van der Waals surface area contributed by atoms with E-state index >= 15 is 0 Å². The van der Waals surface area contributed by atoms with Crippen molar-refractivity contribution in [2.75, 3.05) is 13.2 Å². The van der Waals surface area contributed by atoms with Gasteiger partial charge in [-0.15, -0.1) is 0 Å². The SMILES string of the molecule is O=C(O[C@H]1[C@H](O)[C@@H](CO)C[C@@H]2OC(=NCC(F)(F)F)N[C@H]12)C(F)(F)F. The molecule has 0 amide bonds. The number of halogens is 6. The minimum atomic E-state index is -5.33. The lowest BCUT2D eigenvalue weighted by Crippen LogP contribution is -2.59. The molecule has 0 bridgehead atoms. The minimum Gasteiger partial charge on any atom is -0.460 e. The highest BCUT2D eigenvalue weighted by Crippen LogP contribution is 2.34. The van der Waals surface area contributed by atoms with Crippen LogP contribution in [0, 0.1) is 5.92 Å². The molecule has 2 aliphatic rings. The van der Waals surface area contributed by atoms with Gasteiger partial charge in [0.25, 0.3) is 6.02 Å². The number of carbonyl (C=O) groups excluding carboxylic acids is 1. The quantitative estimate of drug-likeness (QED) is 0.475. The zero-order valence-corrected chi connectivity index (χ0v) is 12.3. The van der Waals surface area contributed by atoms with Gasteiger partial charge in [0, 0.05) is 12.5 Å². The van der Waals surface area contributed by atoms with Crippen LogP contribution in [0.1, 0.15) is 6.42 Å². The first-order chi connectivity index (χ1) is 11.4. The van der Waals surface area contributed by atoms with Gasteiger partial charge in [0.1, 0.15) is 18.7 Å². The van der Waals surface area contributed by atoms with Crippen molar-refractivity contribution in [2.24, 2.45) is 10.9 Å². The average molecular weight is 380 g/mol. The lowest BCUT2D eigenvalue weighted by atomic mass is 9.80. The molecule has 25 heavy (non-hydrogen) atoms. The predicted molar refractivity (Wildman–Crippen MR) is 67.3 cm³/mol. The number of rotatable bonds is 3. The fourth-order valence-electron chi connectivity index (χ4n) is 2.65. The molecule has 7 nitrogen and oxygen atoms in total. The van der Waals surface area contributed by atoms with Crippen molar-refractivity contribution in [1.29, 1.82) is 0 Å². The monoisotopic (exact) mass is 380 g/mol. The number of hydrogen-bond donors (Lipinski definition) is 3. The van der Waals surface area contributed by atoms with E-state index in [-0.39, 0.29) is 6.42 Å². The van der Waals surface area contributed by atoms with Crippen LogP contribution in [0.5, 0.6) is 0 Å². The number of esters is 1. The number of carbonyl (C=O) groups is 1. The number of ether oxygens (including phenoxy) is 2. The number of nitrogens with zero attached hydrogens (tertiary/aromatic N) is 1. The molecule has 1 aliphatic carbocycles. The molecule has 1 heterocycles. The average Bonchev–Trinajstić information content (AvgIpc) is 2.88. The first-order valence-electron chi connectivity index (χ1n) is 7.03. The smallest absolute Gasteiger partial charge is 0.460 e. The Hall–Kier alpha value is -1.76. The van der Waals surface area contributed by atoms with Crippen molar-refractivity contribution < 1.29 is 50.8 Å². The van der Waals surface area contributed by atoms with E-state index in [1.807, 2.05) is 0 Å². The Morgan fingerprint density at radius 1 is 1.32 bits per heavy atom. The molecular formula is C12H14F6N2O5. The van der Waals surface area contributed by atoms with E-state index in [4.69, 9.17) is 4.74 Å².